The lowest BCUT2D eigenvalue weighted by Gasteiger charge is -2.34. The first-order valence-electron chi connectivity index (χ1n) is 13.8. The van der Waals surface area contributed by atoms with Crippen molar-refractivity contribution >= 4 is 22.7 Å². The number of methoxy groups -OCH3 is 3. The molecule has 0 fully saturated rings. The highest BCUT2D eigenvalue weighted by molar-refractivity contribution is 5.77. The molecule has 13 heteroatoms. The lowest BCUT2D eigenvalue weighted by Crippen LogP contribution is -2.52. The van der Waals surface area contributed by atoms with E-state index in [4.69, 9.17) is 25.7 Å². The van der Waals surface area contributed by atoms with Gasteiger partial charge in [0.05, 0.1) is 54.4 Å². The smallest absolute Gasteiger partial charge is 0.299 e. The number of hydrogen-bond donors (Lipinski definition) is 4. The number of nitrogens with two attached hydrogens (primary N) is 2. The van der Waals surface area contributed by atoms with Crippen LogP contribution in [0.1, 0.15) is 51.0 Å². The zero-order chi connectivity index (χ0) is 30.9. The van der Waals surface area contributed by atoms with Crippen LogP contribution in [0.15, 0.2) is 48.2 Å². The summed E-state index contributed by atoms with van der Waals surface area (Å²) < 4.78 is 16.1. The Balaban J connectivity index is 1.95. The van der Waals surface area contributed by atoms with E-state index in [0.717, 1.165) is 31.1 Å². The van der Waals surface area contributed by atoms with Crippen LogP contribution in [0.2, 0.25) is 0 Å². The maximum absolute atomic E-state index is 12.1. The highest BCUT2D eigenvalue weighted by atomic mass is 16.6. The number of nitrogens with one attached hydrogen (secondary N) is 2. The van der Waals surface area contributed by atoms with Gasteiger partial charge in [-0.15, -0.1) is 0 Å². The van der Waals surface area contributed by atoms with E-state index in [0.29, 0.717) is 22.9 Å². The third kappa shape index (κ3) is 7.28. The van der Waals surface area contributed by atoms with Gasteiger partial charge in [0.2, 0.25) is 5.75 Å². The molecule has 2 unspecified atom stereocenters. The van der Waals surface area contributed by atoms with Gasteiger partial charge in [0.25, 0.3) is 11.4 Å². The van der Waals surface area contributed by atoms with Crippen LogP contribution in [0.3, 0.4) is 0 Å². The fourth-order valence-electron chi connectivity index (χ4n) is 4.89. The highest BCUT2D eigenvalue weighted by Gasteiger charge is 2.40. The molecule has 228 valence electrons. The number of nitrogens with zero attached hydrogens (tertiary/aromatic N) is 2. The third-order valence-corrected chi connectivity index (χ3v) is 7.23. The molecule has 6 N–H and O–H groups in total. The minimum absolute atomic E-state index is 0.0167. The monoisotopic (exact) mass is 584 g/mol. The van der Waals surface area contributed by atoms with Gasteiger partial charge in [-0.05, 0) is 24.6 Å². The summed E-state index contributed by atoms with van der Waals surface area (Å²) in [5.74, 6) is 0.946. The summed E-state index contributed by atoms with van der Waals surface area (Å²) in [5.41, 5.74) is 11.7. The van der Waals surface area contributed by atoms with E-state index in [1.165, 1.54) is 53.1 Å². The van der Waals surface area contributed by atoms with Gasteiger partial charge in [-0.2, -0.15) is 0 Å². The first kappa shape index (κ1) is 32.2. The average molecular weight is 585 g/mol. The number of benzene rings is 2. The predicted molar refractivity (Wildman–Crippen MR) is 162 cm³/mol. The molecule has 2 aromatic carbocycles. The summed E-state index contributed by atoms with van der Waals surface area (Å²) >= 11 is 0. The van der Waals surface area contributed by atoms with E-state index in [-0.39, 0.29) is 11.3 Å². The first-order valence-corrected chi connectivity index (χ1v) is 13.8. The van der Waals surface area contributed by atoms with Gasteiger partial charge in [0, 0.05) is 30.1 Å². The Kier molecular flexibility index (Phi) is 11.1. The Morgan fingerprint density at radius 2 is 1.52 bits per heavy atom. The van der Waals surface area contributed by atoms with Crippen molar-refractivity contribution in [2.45, 2.75) is 57.0 Å². The highest BCUT2D eigenvalue weighted by Crippen LogP contribution is 2.44. The van der Waals surface area contributed by atoms with Crippen LogP contribution in [0.25, 0.3) is 0 Å². The lowest BCUT2D eigenvalue weighted by atomic mass is 9.79. The predicted octanol–water partition coefficient (Wildman–Crippen LogP) is 5.16. The van der Waals surface area contributed by atoms with Crippen molar-refractivity contribution < 1.29 is 24.1 Å². The Morgan fingerprint density at radius 3 is 2.07 bits per heavy atom. The maximum atomic E-state index is 12.1. The van der Waals surface area contributed by atoms with Crippen LogP contribution in [0, 0.1) is 20.2 Å². The first-order chi connectivity index (χ1) is 20.1. The van der Waals surface area contributed by atoms with Gasteiger partial charge in [-0.1, -0.05) is 45.1 Å². The van der Waals surface area contributed by atoms with E-state index in [1.807, 2.05) is 0 Å². The summed E-state index contributed by atoms with van der Waals surface area (Å²) in [6.45, 7) is 2.94. The molecular formula is C29H40N6O7. The van der Waals surface area contributed by atoms with Crippen LogP contribution in [0.5, 0.6) is 17.2 Å². The molecule has 0 aliphatic heterocycles. The molecule has 0 radical (unpaired) electrons. The molecule has 42 heavy (non-hydrogen) atoms. The Morgan fingerprint density at radius 1 is 0.905 bits per heavy atom. The summed E-state index contributed by atoms with van der Waals surface area (Å²) in [6, 6.07) is 4.44. The van der Waals surface area contributed by atoms with E-state index in [1.54, 1.807) is 30.4 Å². The molecule has 0 amide bonds. The van der Waals surface area contributed by atoms with Crippen LogP contribution in [-0.4, -0.2) is 43.8 Å². The van der Waals surface area contributed by atoms with Crippen molar-refractivity contribution in [1.29, 1.82) is 0 Å². The summed E-state index contributed by atoms with van der Waals surface area (Å²) in [7, 11) is 4.33. The average Bonchev–Trinajstić information content (AvgIpc) is 2.97. The van der Waals surface area contributed by atoms with Crippen LogP contribution >= 0.6 is 0 Å². The number of allylic oxidation sites excluding steroid dienone is 1. The minimum atomic E-state index is -1.52. The number of hydrogen-bond acceptors (Lipinski definition) is 11. The number of nitro groups is 2. The number of rotatable bonds is 16. The molecule has 0 aromatic heterocycles. The standard InChI is InChI=1S/C29H40N6O7/c1-5-6-7-8-9-10-13-32-19-11-12-29(31,27(30)16-19)21-17-22(24(35(38)39)18-23(21)34(36)37)33-20-14-25(40-2)28(42-4)26(15-20)41-3/h11-12,14-18,27,32-33H,5-10,13,30-31H2,1-4H3. The zero-order valence-corrected chi connectivity index (χ0v) is 24.5. The topological polar surface area (TPSA) is 190 Å². The number of unbranched alkanes of at least 4 members (excludes halogenated alkanes) is 5. The molecule has 1 aliphatic carbocycles. The molecule has 3 rings (SSSR count). The van der Waals surface area contributed by atoms with Crippen molar-refractivity contribution in [3.8, 4) is 17.2 Å². The van der Waals surface area contributed by atoms with Crippen molar-refractivity contribution in [2.24, 2.45) is 11.5 Å². The maximum Gasteiger partial charge on any atom is 0.299 e. The normalized spacial score (nSPS) is 17.8. The fraction of sp³-hybridized carbons (Fsp3) is 0.448. The Labute approximate surface area is 245 Å². The van der Waals surface area contributed by atoms with Crippen molar-refractivity contribution in [1.82, 2.24) is 5.32 Å². The fourth-order valence-corrected chi connectivity index (χ4v) is 4.89. The van der Waals surface area contributed by atoms with Crippen molar-refractivity contribution in [3.63, 3.8) is 0 Å². The van der Waals surface area contributed by atoms with Crippen LogP contribution < -0.4 is 36.3 Å². The summed E-state index contributed by atoms with van der Waals surface area (Å²) in [4.78, 5) is 22.7. The summed E-state index contributed by atoms with van der Waals surface area (Å²) in [6.07, 6.45) is 12.0. The lowest BCUT2D eigenvalue weighted by molar-refractivity contribution is -0.394. The van der Waals surface area contributed by atoms with E-state index >= 15 is 0 Å². The van der Waals surface area contributed by atoms with Gasteiger partial charge in [0.1, 0.15) is 5.69 Å². The molecule has 2 atom stereocenters. The van der Waals surface area contributed by atoms with E-state index < -0.39 is 32.8 Å². The molecule has 13 nitrogen and oxygen atoms in total. The second-order valence-electron chi connectivity index (χ2n) is 10.0. The molecule has 0 saturated heterocycles. The number of ether oxygens (including phenoxy) is 3. The van der Waals surface area contributed by atoms with Gasteiger partial charge in [-0.3, -0.25) is 20.2 Å². The minimum Gasteiger partial charge on any atom is -0.493 e. The SMILES string of the molecule is CCCCCCCCNC1=CC(N)C(N)(c2cc(Nc3cc(OC)c(OC)c(OC)c3)c([N+](=O)[O-])cc2[N+](=O)[O-])C=C1. The van der Waals surface area contributed by atoms with Gasteiger partial charge in [0.15, 0.2) is 11.5 Å². The van der Waals surface area contributed by atoms with Crippen molar-refractivity contribution in [3.05, 3.63) is 74.0 Å². The number of anilines is 2. The molecule has 0 heterocycles. The molecule has 0 bridgehead atoms. The van der Waals surface area contributed by atoms with Gasteiger partial charge < -0.3 is 36.3 Å². The largest absolute Gasteiger partial charge is 0.493 e. The van der Waals surface area contributed by atoms with Crippen LogP contribution in [-0.2, 0) is 5.54 Å². The van der Waals surface area contributed by atoms with Gasteiger partial charge in [-0.25, -0.2) is 0 Å². The van der Waals surface area contributed by atoms with Crippen LogP contribution in [0.4, 0.5) is 22.7 Å². The third-order valence-electron chi connectivity index (χ3n) is 7.23. The van der Waals surface area contributed by atoms with E-state index in [2.05, 4.69) is 17.6 Å². The molecular weight excluding hydrogens is 544 g/mol. The second-order valence-corrected chi connectivity index (χ2v) is 10.0. The Hall–Kier alpha value is -4.36. The summed E-state index contributed by atoms with van der Waals surface area (Å²) in [5, 5.41) is 30.4. The molecule has 2 aromatic rings. The quantitative estimate of drug-likeness (QED) is 0.116. The zero-order valence-electron chi connectivity index (χ0n) is 24.5. The Bertz CT molecular complexity index is 1320. The molecule has 0 saturated carbocycles. The second kappa shape index (κ2) is 14.5. The van der Waals surface area contributed by atoms with Gasteiger partial charge >= 0.3 is 0 Å². The number of nitro benzene ring substituents is 2. The van der Waals surface area contributed by atoms with E-state index in [9.17, 15) is 20.2 Å². The molecule has 0 spiro atoms. The molecule has 1 aliphatic rings. The van der Waals surface area contributed by atoms with Crippen molar-refractivity contribution in [2.75, 3.05) is 33.2 Å².